The van der Waals surface area contributed by atoms with Crippen molar-refractivity contribution in [1.82, 2.24) is 4.98 Å². The van der Waals surface area contributed by atoms with Crippen LogP contribution in [0.4, 0.5) is 11.5 Å². The van der Waals surface area contributed by atoms with E-state index in [1.165, 1.54) is 19.3 Å². The second-order valence-electron chi connectivity index (χ2n) is 4.99. The minimum absolute atomic E-state index is 0.716. The van der Waals surface area contributed by atoms with E-state index in [-0.39, 0.29) is 0 Å². The Morgan fingerprint density at radius 3 is 2.71 bits per heavy atom. The molecule has 2 heterocycles. The number of anilines is 2. The van der Waals surface area contributed by atoms with Gasteiger partial charge in [0, 0.05) is 19.6 Å². The molecular formula is C14H23N3. The van der Waals surface area contributed by atoms with Crippen LogP contribution in [0.5, 0.6) is 0 Å². The Morgan fingerprint density at radius 1 is 1.35 bits per heavy atom. The summed E-state index contributed by atoms with van der Waals surface area (Å²) < 4.78 is 0. The molecule has 1 fully saturated rings. The fourth-order valence-electron chi connectivity index (χ4n) is 2.06. The quantitative estimate of drug-likeness (QED) is 0.847. The van der Waals surface area contributed by atoms with Crippen molar-refractivity contribution < 1.29 is 0 Å². The standard InChI is InChI=1S/C14H23N3/c1-3-12(2)10-15-13-6-7-14(16-11-13)17-8-4-5-9-17/h6-7,11-12,15H,3-5,8-10H2,1-2H3. The summed E-state index contributed by atoms with van der Waals surface area (Å²) in [5.41, 5.74) is 1.13. The van der Waals surface area contributed by atoms with Gasteiger partial charge in [0.15, 0.2) is 0 Å². The van der Waals surface area contributed by atoms with Crippen LogP contribution in [0.25, 0.3) is 0 Å². The molecule has 1 N–H and O–H groups in total. The third-order valence-electron chi connectivity index (χ3n) is 3.53. The first-order chi connectivity index (χ1) is 8.29. The topological polar surface area (TPSA) is 28.2 Å². The van der Waals surface area contributed by atoms with Gasteiger partial charge in [-0.25, -0.2) is 4.98 Å². The van der Waals surface area contributed by atoms with E-state index in [0.29, 0.717) is 5.92 Å². The zero-order valence-corrected chi connectivity index (χ0v) is 10.9. The number of aromatic nitrogens is 1. The van der Waals surface area contributed by atoms with E-state index >= 15 is 0 Å². The number of hydrogen-bond acceptors (Lipinski definition) is 3. The Morgan fingerprint density at radius 2 is 2.12 bits per heavy atom. The van der Waals surface area contributed by atoms with Gasteiger partial charge in [-0.05, 0) is 30.9 Å². The van der Waals surface area contributed by atoms with Crippen molar-refractivity contribution in [1.29, 1.82) is 0 Å². The van der Waals surface area contributed by atoms with E-state index in [2.05, 4.69) is 41.2 Å². The van der Waals surface area contributed by atoms with Crippen molar-refractivity contribution in [3.05, 3.63) is 18.3 Å². The summed E-state index contributed by atoms with van der Waals surface area (Å²) in [6, 6.07) is 4.27. The maximum Gasteiger partial charge on any atom is 0.128 e. The SMILES string of the molecule is CCC(C)CNc1ccc(N2CCCC2)nc1. The van der Waals surface area contributed by atoms with Gasteiger partial charge >= 0.3 is 0 Å². The van der Waals surface area contributed by atoms with Crippen LogP contribution in [-0.4, -0.2) is 24.6 Å². The smallest absolute Gasteiger partial charge is 0.128 e. The summed E-state index contributed by atoms with van der Waals surface area (Å²) in [4.78, 5) is 6.89. The average Bonchev–Trinajstić information content (AvgIpc) is 2.90. The number of hydrogen-bond donors (Lipinski definition) is 1. The molecule has 94 valence electrons. The third kappa shape index (κ3) is 3.35. The highest BCUT2D eigenvalue weighted by molar-refractivity contribution is 5.48. The number of rotatable bonds is 5. The van der Waals surface area contributed by atoms with Gasteiger partial charge in [-0.15, -0.1) is 0 Å². The second kappa shape index (κ2) is 5.89. The minimum atomic E-state index is 0.716. The molecule has 17 heavy (non-hydrogen) atoms. The van der Waals surface area contributed by atoms with E-state index < -0.39 is 0 Å². The van der Waals surface area contributed by atoms with E-state index in [4.69, 9.17) is 0 Å². The molecule has 0 saturated carbocycles. The maximum atomic E-state index is 4.53. The molecule has 1 unspecified atom stereocenters. The predicted molar refractivity (Wildman–Crippen MR) is 73.6 cm³/mol. The van der Waals surface area contributed by atoms with E-state index in [0.717, 1.165) is 31.1 Å². The van der Waals surface area contributed by atoms with Crippen LogP contribution in [0.15, 0.2) is 18.3 Å². The maximum absolute atomic E-state index is 4.53. The lowest BCUT2D eigenvalue weighted by atomic mass is 10.1. The molecule has 1 aromatic rings. The van der Waals surface area contributed by atoms with Gasteiger partial charge in [-0.2, -0.15) is 0 Å². The van der Waals surface area contributed by atoms with Crippen LogP contribution >= 0.6 is 0 Å². The van der Waals surface area contributed by atoms with Crippen molar-refractivity contribution in [3.8, 4) is 0 Å². The van der Waals surface area contributed by atoms with Crippen molar-refractivity contribution in [2.45, 2.75) is 33.1 Å². The van der Waals surface area contributed by atoms with Crippen molar-refractivity contribution in [2.75, 3.05) is 29.9 Å². The van der Waals surface area contributed by atoms with Gasteiger partial charge in [-0.1, -0.05) is 20.3 Å². The number of pyridine rings is 1. The zero-order chi connectivity index (χ0) is 12.1. The van der Waals surface area contributed by atoms with Crippen LogP contribution in [0.2, 0.25) is 0 Å². The van der Waals surface area contributed by atoms with Gasteiger partial charge in [0.25, 0.3) is 0 Å². The second-order valence-corrected chi connectivity index (χ2v) is 4.99. The molecule has 1 aliphatic heterocycles. The number of nitrogens with zero attached hydrogens (tertiary/aromatic N) is 2. The molecule has 0 spiro atoms. The third-order valence-corrected chi connectivity index (χ3v) is 3.53. The molecule has 1 atom stereocenters. The summed E-state index contributed by atoms with van der Waals surface area (Å²) >= 11 is 0. The molecule has 1 saturated heterocycles. The van der Waals surface area contributed by atoms with Gasteiger partial charge in [-0.3, -0.25) is 0 Å². The fourth-order valence-corrected chi connectivity index (χ4v) is 2.06. The van der Waals surface area contributed by atoms with E-state index in [1.807, 2.05) is 6.20 Å². The average molecular weight is 233 g/mol. The Labute approximate surface area is 104 Å². The first kappa shape index (κ1) is 12.2. The van der Waals surface area contributed by atoms with Crippen LogP contribution in [-0.2, 0) is 0 Å². The summed E-state index contributed by atoms with van der Waals surface area (Å²) in [5, 5.41) is 3.43. The summed E-state index contributed by atoms with van der Waals surface area (Å²) in [6.45, 7) is 7.83. The van der Waals surface area contributed by atoms with Gasteiger partial charge in [0.05, 0.1) is 11.9 Å². The van der Waals surface area contributed by atoms with Crippen molar-refractivity contribution in [3.63, 3.8) is 0 Å². The molecule has 0 radical (unpaired) electrons. The Kier molecular flexibility index (Phi) is 4.24. The Bertz CT molecular complexity index is 328. The van der Waals surface area contributed by atoms with Crippen LogP contribution in [0.3, 0.4) is 0 Å². The van der Waals surface area contributed by atoms with E-state index in [1.54, 1.807) is 0 Å². The lowest BCUT2D eigenvalue weighted by molar-refractivity contribution is 0.593. The minimum Gasteiger partial charge on any atom is -0.384 e. The summed E-state index contributed by atoms with van der Waals surface area (Å²) in [6.07, 6.45) is 5.77. The molecule has 3 nitrogen and oxygen atoms in total. The molecular weight excluding hydrogens is 210 g/mol. The molecule has 0 aromatic carbocycles. The molecule has 0 bridgehead atoms. The van der Waals surface area contributed by atoms with E-state index in [9.17, 15) is 0 Å². The molecule has 3 heteroatoms. The van der Waals surface area contributed by atoms with Gasteiger partial charge < -0.3 is 10.2 Å². The van der Waals surface area contributed by atoms with Crippen molar-refractivity contribution >= 4 is 11.5 Å². The Balaban J connectivity index is 1.88. The van der Waals surface area contributed by atoms with Crippen molar-refractivity contribution in [2.24, 2.45) is 5.92 Å². The molecule has 1 aliphatic rings. The van der Waals surface area contributed by atoms with Crippen LogP contribution < -0.4 is 10.2 Å². The Hall–Kier alpha value is -1.25. The summed E-state index contributed by atoms with van der Waals surface area (Å²) in [5.74, 6) is 1.84. The van der Waals surface area contributed by atoms with Crippen LogP contribution in [0, 0.1) is 5.92 Å². The zero-order valence-electron chi connectivity index (χ0n) is 10.9. The highest BCUT2D eigenvalue weighted by Crippen LogP contribution is 2.19. The fraction of sp³-hybridized carbons (Fsp3) is 0.643. The first-order valence-electron chi connectivity index (χ1n) is 6.74. The van der Waals surface area contributed by atoms with Gasteiger partial charge in [0.2, 0.25) is 0 Å². The highest BCUT2D eigenvalue weighted by atomic mass is 15.2. The lowest BCUT2D eigenvalue weighted by Gasteiger charge is -2.17. The highest BCUT2D eigenvalue weighted by Gasteiger charge is 2.12. The molecule has 2 rings (SSSR count). The number of nitrogens with one attached hydrogen (secondary N) is 1. The summed E-state index contributed by atoms with van der Waals surface area (Å²) in [7, 11) is 0. The normalized spacial score (nSPS) is 17.2. The monoisotopic (exact) mass is 233 g/mol. The molecule has 0 amide bonds. The van der Waals surface area contributed by atoms with Crippen LogP contribution in [0.1, 0.15) is 33.1 Å². The first-order valence-corrected chi connectivity index (χ1v) is 6.74. The van der Waals surface area contributed by atoms with Gasteiger partial charge in [0.1, 0.15) is 5.82 Å². The predicted octanol–water partition coefficient (Wildman–Crippen LogP) is 3.14. The lowest BCUT2D eigenvalue weighted by Crippen LogP contribution is -2.19. The largest absolute Gasteiger partial charge is 0.384 e. The molecule has 0 aliphatic carbocycles. The molecule has 1 aromatic heterocycles.